The van der Waals surface area contributed by atoms with Crippen LogP contribution in [0.1, 0.15) is 42.4 Å². The minimum atomic E-state index is -4.12. The summed E-state index contributed by atoms with van der Waals surface area (Å²) in [6.45, 7) is 1.55. The molecule has 0 heterocycles. The molecule has 1 fully saturated rings. The lowest BCUT2D eigenvalue weighted by Gasteiger charge is -2.34. The van der Waals surface area contributed by atoms with E-state index in [4.69, 9.17) is 0 Å². The fourth-order valence-corrected chi connectivity index (χ4v) is 7.35. The van der Waals surface area contributed by atoms with E-state index in [1.165, 1.54) is 0 Å². The molecule has 0 radical (unpaired) electrons. The zero-order valence-electron chi connectivity index (χ0n) is 25.3. The van der Waals surface area contributed by atoms with Gasteiger partial charge in [-0.3, -0.25) is 13.9 Å². The summed E-state index contributed by atoms with van der Waals surface area (Å²) in [5.41, 5.74) is 3.02. The number of hydrogen-bond donors (Lipinski definition) is 1. The van der Waals surface area contributed by atoms with E-state index in [2.05, 4.69) is 21.2 Å². The Morgan fingerprint density at radius 1 is 0.822 bits per heavy atom. The maximum absolute atomic E-state index is 14.5. The zero-order chi connectivity index (χ0) is 31.8. The second-order valence-corrected chi connectivity index (χ2v) is 14.3. The van der Waals surface area contributed by atoms with E-state index in [0.717, 1.165) is 51.2 Å². The van der Waals surface area contributed by atoms with Gasteiger partial charge in [0, 0.05) is 23.5 Å². The fourth-order valence-electron chi connectivity index (χ4n) is 5.67. The van der Waals surface area contributed by atoms with Gasteiger partial charge in [-0.2, -0.15) is 0 Å². The first-order chi connectivity index (χ1) is 21.7. The summed E-state index contributed by atoms with van der Waals surface area (Å²) in [7, 11) is -4.12. The van der Waals surface area contributed by atoms with Crippen LogP contribution in [0.2, 0.25) is 0 Å². The summed E-state index contributed by atoms with van der Waals surface area (Å²) in [4.78, 5) is 30.2. The Hall–Kier alpha value is -3.95. The Morgan fingerprint density at radius 3 is 2.04 bits per heavy atom. The van der Waals surface area contributed by atoms with Crippen LogP contribution in [0.3, 0.4) is 0 Å². The molecule has 4 aromatic carbocycles. The van der Waals surface area contributed by atoms with E-state index in [-0.39, 0.29) is 29.8 Å². The topological polar surface area (TPSA) is 86.8 Å². The minimum Gasteiger partial charge on any atom is -0.352 e. The average Bonchev–Trinajstić information content (AvgIpc) is 3.56. The van der Waals surface area contributed by atoms with E-state index in [9.17, 15) is 18.0 Å². The van der Waals surface area contributed by atoms with Crippen molar-refractivity contribution < 1.29 is 18.0 Å². The van der Waals surface area contributed by atoms with Crippen LogP contribution in [0.5, 0.6) is 0 Å². The molecule has 1 atom stereocenters. The highest BCUT2D eigenvalue weighted by molar-refractivity contribution is 9.10. The number of anilines is 1. The fraction of sp³-hybridized carbons (Fsp3) is 0.278. The molecule has 1 N–H and O–H groups in total. The highest BCUT2D eigenvalue weighted by Crippen LogP contribution is 2.26. The van der Waals surface area contributed by atoms with E-state index < -0.39 is 28.5 Å². The zero-order valence-corrected chi connectivity index (χ0v) is 27.7. The van der Waals surface area contributed by atoms with E-state index >= 15 is 0 Å². The predicted octanol–water partition coefficient (Wildman–Crippen LogP) is 6.65. The van der Waals surface area contributed by atoms with Crippen molar-refractivity contribution in [1.82, 2.24) is 10.2 Å². The predicted molar refractivity (Wildman–Crippen MR) is 181 cm³/mol. The number of hydrogen-bond acceptors (Lipinski definition) is 4. The second kappa shape index (κ2) is 14.9. The van der Waals surface area contributed by atoms with Crippen molar-refractivity contribution >= 4 is 43.5 Å². The van der Waals surface area contributed by atoms with Crippen molar-refractivity contribution in [3.8, 4) is 0 Å². The number of amides is 2. The molecular formula is C36H38BrN3O4S. The Labute approximate surface area is 274 Å². The number of sulfonamides is 1. The molecule has 4 aromatic rings. The highest BCUT2D eigenvalue weighted by atomic mass is 79.9. The molecule has 7 nitrogen and oxygen atoms in total. The summed E-state index contributed by atoms with van der Waals surface area (Å²) in [5.74, 6) is -0.705. The number of carbonyl (C=O) groups excluding carboxylic acids is 2. The molecule has 1 saturated carbocycles. The number of para-hydroxylation sites is 1. The van der Waals surface area contributed by atoms with Gasteiger partial charge in [0.25, 0.3) is 10.0 Å². The van der Waals surface area contributed by atoms with Crippen LogP contribution in [-0.2, 0) is 32.6 Å². The van der Waals surface area contributed by atoms with Gasteiger partial charge >= 0.3 is 0 Å². The van der Waals surface area contributed by atoms with Gasteiger partial charge in [-0.05, 0) is 67.3 Å². The van der Waals surface area contributed by atoms with Crippen LogP contribution in [0, 0.1) is 6.92 Å². The SMILES string of the molecule is Cc1ccc(S(=O)(=O)N(CC(=O)N(Cc2ccc(Br)cc2)C(Cc2ccccc2)C(=O)NC2CCCC2)c2ccccc2)cc1. The Bertz CT molecular complexity index is 1680. The molecule has 0 bridgehead atoms. The highest BCUT2D eigenvalue weighted by Gasteiger charge is 2.35. The molecule has 1 aliphatic rings. The summed E-state index contributed by atoms with van der Waals surface area (Å²) in [5, 5.41) is 3.20. The summed E-state index contributed by atoms with van der Waals surface area (Å²) >= 11 is 3.47. The number of rotatable bonds is 12. The standard InChI is InChI=1S/C36H38BrN3O4S/c1-27-16-22-33(23-17-27)45(43,44)40(32-14-6-3-7-15-32)26-35(41)39(25-29-18-20-30(37)21-19-29)34(24-28-10-4-2-5-11-28)36(42)38-31-12-8-9-13-31/h2-7,10-11,14-23,31,34H,8-9,12-13,24-26H2,1H3,(H,38,42). The van der Waals surface area contributed by atoms with Crippen LogP contribution in [0.15, 0.2) is 119 Å². The van der Waals surface area contributed by atoms with Crippen LogP contribution in [0.25, 0.3) is 0 Å². The van der Waals surface area contributed by atoms with Crippen LogP contribution in [0.4, 0.5) is 5.69 Å². The quantitative estimate of drug-likeness (QED) is 0.181. The maximum Gasteiger partial charge on any atom is 0.264 e. The number of halogens is 1. The first kappa shape index (κ1) is 32.4. The lowest BCUT2D eigenvalue weighted by Crippen LogP contribution is -2.54. The molecule has 2 amide bonds. The van der Waals surface area contributed by atoms with Crippen molar-refractivity contribution in [2.45, 2.75) is 62.6 Å². The third-order valence-electron chi connectivity index (χ3n) is 8.17. The van der Waals surface area contributed by atoms with Gasteiger partial charge < -0.3 is 10.2 Å². The monoisotopic (exact) mass is 687 g/mol. The number of nitrogens with zero attached hydrogens (tertiary/aromatic N) is 2. The van der Waals surface area contributed by atoms with Gasteiger partial charge in [0.2, 0.25) is 11.8 Å². The van der Waals surface area contributed by atoms with Crippen molar-refractivity contribution in [2.24, 2.45) is 0 Å². The summed E-state index contributed by atoms with van der Waals surface area (Å²) in [6, 6.07) is 31.6. The molecule has 0 saturated heterocycles. The molecule has 1 unspecified atom stereocenters. The van der Waals surface area contributed by atoms with Gasteiger partial charge in [-0.1, -0.05) is 107 Å². The van der Waals surface area contributed by atoms with Crippen molar-refractivity contribution in [1.29, 1.82) is 0 Å². The number of aryl methyl sites for hydroxylation is 1. The van der Waals surface area contributed by atoms with Gasteiger partial charge in [-0.25, -0.2) is 8.42 Å². The molecule has 9 heteroatoms. The van der Waals surface area contributed by atoms with E-state index in [1.807, 2.05) is 61.5 Å². The lowest BCUT2D eigenvalue weighted by atomic mass is 10.0. The van der Waals surface area contributed by atoms with Crippen LogP contribution < -0.4 is 9.62 Å². The lowest BCUT2D eigenvalue weighted by molar-refractivity contribution is -0.140. The van der Waals surface area contributed by atoms with Crippen LogP contribution in [-0.4, -0.2) is 43.8 Å². The van der Waals surface area contributed by atoms with Gasteiger partial charge in [0.15, 0.2) is 0 Å². The first-order valence-corrected chi connectivity index (χ1v) is 17.5. The Morgan fingerprint density at radius 2 is 1.42 bits per heavy atom. The molecule has 45 heavy (non-hydrogen) atoms. The van der Waals surface area contributed by atoms with Crippen LogP contribution >= 0.6 is 15.9 Å². The van der Waals surface area contributed by atoms with Gasteiger partial charge in [0.05, 0.1) is 10.6 Å². The summed E-state index contributed by atoms with van der Waals surface area (Å²) < 4.78 is 30.2. The van der Waals surface area contributed by atoms with Crippen molar-refractivity contribution in [2.75, 3.05) is 10.8 Å². The Kier molecular flexibility index (Phi) is 10.7. The van der Waals surface area contributed by atoms with Crippen molar-refractivity contribution in [3.05, 3.63) is 130 Å². The molecule has 0 aromatic heterocycles. The van der Waals surface area contributed by atoms with Crippen molar-refractivity contribution in [3.63, 3.8) is 0 Å². The normalized spacial score (nSPS) is 14.1. The Balaban J connectivity index is 1.54. The maximum atomic E-state index is 14.5. The molecule has 1 aliphatic carbocycles. The number of nitrogens with one attached hydrogen (secondary N) is 1. The van der Waals surface area contributed by atoms with Gasteiger partial charge in [0.1, 0.15) is 12.6 Å². The molecule has 234 valence electrons. The third-order valence-corrected chi connectivity index (χ3v) is 10.5. The first-order valence-electron chi connectivity index (χ1n) is 15.2. The smallest absolute Gasteiger partial charge is 0.264 e. The van der Waals surface area contributed by atoms with E-state index in [1.54, 1.807) is 59.5 Å². The largest absolute Gasteiger partial charge is 0.352 e. The number of carbonyl (C=O) groups is 2. The van der Waals surface area contributed by atoms with Gasteiger partial charge in [-0.15, -0.1) is 0 Å². The molecule has 0 aliphatic heterocycles. The number of benzene rings is 4. The third kappa shape index (κ3) is 8.41. The second-order valence-electron chi connectivity index (χ2n) is 11.5. The molecule has 5 rings (SSSR count). The summed E-state index contributed by atoms with van der Waals surface area (Å²) in [6.07, 6.45) is 4.21. The molecular weight excluding hydrogens is 650 g/mol. The minimum absolute atomic E-state index is 0.0585. The van der Waals surface area contributed by atoms with E-state index in [0.29, 0.717) is 5.69 Å². The average molecular weight is 689 g/mol. The molecule has 0 spiro atoms.